The summed E-state index contributed by atoms with van der Waals surface area (Å²) >= 11 is 1.60. The summed E-state index contributed by atoms with van der Waals surface area (Å²) in [7, 11) is -2.46. The van der Waals surface area contributed by atoms with Gasteiger partial charge in [-0.1, -0.05) is 6.42 Å². The minimum atomic E-state index is -3.80. The lowest BCUT2D eigenvalue weighted by atomic mass is 10.0. The zero-order valence-electron chi connectivity index (χ0n) is 14.7. The van der Waals surface area contributed by atoms with E-state index in [1.807, 2.05) is 11.4 Å². The van der Waals surface area contributed by atoms with Crippen LogP contribution in [-0.4, -0.2) is 40.1 Å². The van der Waals surface area contributed by atoms with Gasteiger partial charge in [0.1, 0.15) is 0 Å². The summed E-state index contributed by atoms with van der Waals surface area (Å²) in [6.07, 6.45) is 3.46. The van der Waals surface area contributed by atoms with Gasteiger partial charge in [-0.3, -0.25) is 4.90 Å². The van der Waals surface area contributed by atoms with Crippen molar-refractivity contribution in [3.63, 3.8) is 0 Å². The standard InChI is InChI=1S/C18H23FN2O3S2/c1-24-18-6-5-15(11-16(18)19)26(22,23)20-12-17(14-7-10-25-13-14)21-8-3-2-4-9-21/h5-7,10-11,13,17,20H,2-4,8-9,12H2,1H3. The van der Waals surface area contributed by atoms with Crippen LogP contribution in [-0.2, 0) is 10.0 Å². The van der Waals surface area contributed by atoms with Crippen molar-refractivity contribution in [3.8, 4) is 5.75 Å². The van der Waals surface area contributed by atoms with Crippen LogP contribution in [0, 0.1) is 5.82 Å². The number of nitrogens with zero attached hydrogens (tertiary/aromatic N) is 1. The Balaban J connectivity index is 1.76. The second-order valence-electron chi connectivity index (χ2n) is 6.32. The van der Waals surface area contributed by atoms with Crippen LogP contribution >= 0.6 is 11.3 Å². The molecule has 1 N–H and O–H groups in total. The van der Waals surface area contributed by atoms with E-state index in [1.54, 1.807) is 11.3 Å². The van der Waals surface area contributed by atoms with Gasteiger partial charge in [-0.2, -0.15) is 11.3 Å². The average Bonchev–Trinajstić information content (AvgIpc) is 3.17. The van der Waals surface area contributed by atoms with Gasteiger partial charge < -0.3 is 4.74 Å². The second kappa shape index (κ2) is 8.47. The number of likely N-dealkylation sites (tertiary alicyclic amines) is 1. The van der Waals surface area contributed by atoms with Crippen molar-refractivity contribution in [3.05, 3.63) is 46.4 Å². The van der Waals surface area contributed by atoms with Gasteiger partial charge in [0, 0.05) is 12.6 Å². The molecule has 1 aromatic heterocycles. The van der Waals surface area contributed by atoms with Crippen LogP contribution in [0.15, 0.2) is 39.9 Å². The minimum absolute atomic E-state index is 0.0144. The van der Waals surface area contributed by atoms with Gasteiger partial charge in [0.25, 0.3) is 0 Å². The van der Waals surface area contributed by atoms with E-state index >= 15 is 0 Å². The Labute approximate surface area is 157 Å². The zero-order valence-corrected chi connectivity index (χ0v) is 16.3. The molecule has 0 saturated carbocycles. The molecule has 5 nitrogen and oxygen atoms in total. The number of methoxy groups -OCH3 is 1. The van der Waals surface area contributed by atoms with Gasteiger partial charge in [-0.05, 0) is 66.5 Å². The predicted molar refractivity (Wildman–Crippen MR) is 101 cm³/mol. The molecular formula is C18H23FN2O3S2. The molecule has 2 heterocycles. The van der Waals surface area contributed by atoms with Crippen molar-refractivity contribution < 1.29 is 17.5 Å². The van der Waals surface area contributed by atoms with Crippen molar-refractivity contribution in [2.24, 2.45) is 0 Å². The van der Waals surface area contributed by atoms with E-state index in [-0.39, 0.29) is 23.2 Å². The second-order valence-corrected chi connectivity index (χ2v) is 8.86. The number of rotatable bonds is 7. The van der Waals surface area contributed by atoms with Crippen molar-refractivity contribution in [2.45, 2.75) is 30.2 Å². The molecule has 8 heteroatoms. The summed E-state index contributed by atoms with van der Waals surface area (Å²) in [5, 5.41) is 4.06. The third kappa shape index (κ3) is 4.43. The topological polar surface area (TPSA) is 58.6 Å². The third-order valence-electron chi connectivity index (χ3n) is 4.66. The summed E-state index contributed by atoms with van der Waals surface area (Å²) in [4.78, 5) is 2.22. The molecule has 142 valence electrons. The maximum absolute atomic E-state index is 13.9. The molecular weight excluding hydrogens is 375 g/mol. The molecule has 0 spiro atoms. The molecule has 0 amide bonds. The van der Waals surface area contributed by atoms with Crippen LogP contribution in [0.5, 0.6) is 5.75 Å². The van der Waals surface area contributed by atoms with E-state index in [2.05, 4.69) is 15.0 Å². The van der Waals surface area contributed by atoms with Crippen LogP contribution in [0.1, 0.15) is 30.9 Å². The Bertz CT molecular complexity index is 819. The molecule has 26 heavy (non-hydrogen) atoms. The Morgan fingerprint density at radius 2 is 2.04 bits per heavy atom. The van der Waals surface area contributed by atoms with Crippen LogP contribution in [0.4, 0.5) is 4.39 Å². The van der Waals surface area contributed by atoms with E-state index in [0.29, 0.717) is 0 Å². The minimum Gasteiger partial charge on any atom is -0.494 e. The lowest BCUT2D eigenvalue weighted by molar-refractivity contribution is 0.165. The molecule has 1 aliphatic heterocycles. The van der Waals surface area contributed by atoms with Gasteiger partial charge in [0.2, 0.25) is 10.0 Å². The van der Waals surface area contributed by atoms with Crippen molar-refractivity contribution >= 4 is 21.4 Å². The number of nitrogens with one attached hydrogen (secondary N) is 1. The maximum Gasteiger partial charge on any atom is 0.240 e. The molecule has 1 atom stereocenters. The normalized spacial score (nSPS) is 17.2. The molecule has 3 rings (SSSR count). The van der Waals surface area contributed by atoms with Gasteiger partial charge in [0.05, 0.1) is 12.0 Å². The molecule has 1 fully saturated rings. The fraction of sp³-hybridized carbons (Fsp3) is 0.444. The summed E-state index contributed by atoms with van der Waals surface area (Å²) in [6, 6.07) is 5.68. The van der Waals surface area contributed by atoms with E-state index < -0.39 is 15.8 Å². The van der Waals surface area contributed by atoms with Gasteiger partial charge >= 0.3 is 0 Å². The fourth-order valence-corrected chi connectivity index (χ4v) is 5.00. The van der Waals surface area contributed by atoms with E-state index in [1.165, 1.54) is 25.7 Å². The Kier molecular flexibility index (Phi) is 6.29. The van der Waals surface area contributed by atoms with E-state index in [0.717, 1.165) is 37.6 Å². The maximum atomic E-state index is 13.9. The predicted octanol–water partition coefficient (Wildman–Crippen LogP) is 3.40. The third-order valence-corrected chi connectivity index (χ3v) is 6.78. The quantitative estimate of drug-likeness (QED) is 0.777. The summed E-state index contributed by atoms with van der Waals surface area (Å²) in [5.74, 6) is -0.672. The lowest BCUT2D eigenvalue weighted by Gasteiger charge is -2.34. The molecule has 0 aliphatic carbocycles. The lowest BCUT2D eigenvalue weighted by Crippen LogP contribution is -2.40. The van der Waals surface area contributed by atoms with E-state index in [4.69, 9.17) is 4.74 Å². The molecule has 2 aromatic rings. The molecule has 1 aromatic carbocycles. The zero-order chi connectivity index (χ0) is 18.6. The van der Waals surface area contributed by atoms with Gasteiger partial charge in [0.15, 0.2) is 11.6 Å². The largest absolute Gasteiger partial charge is 0.494 e. The Hall–Kier alpha value is -1.48. The number of piperidine rings is 1. The highest BCUT2D eigenvalue weighted by molar-refractivity contribution is 7.89. The van der Waals surface area contributed by atoms with Crippen molar-refractivity contribution in [1.29, 1.82) is 0 Å². The first-order chi connectivity index (χ1) is 12.5. The monoisotopic (exact) mass is 398 g/mol. The van der Waals surface area contributed by atoms with Gasteiger partial charge in [-0.25, -0.2) is 17.5 Å². The highest BCUT2D eigenvalue weighted by Gasteiger charge is 2.25. The molecule has 1 saturated heterocycles. The number of hydrogen-bond acceptors (Lipinski definition) is 5. The fourth-order valence-electron chi connectivity index (χ4n) is 3.24. The summed E-state index contributed by atoms with van der Waals surface area (Å²) in [6.45, 7) is 2.17. The Morgan fingerprint density at radius 3 is 2.65 bits per heavy atom. The first kappa shape index (κ1) is 19.3. The number of sulfonamides is 1. The summed E-state index contributed by atoms with van der Waals surface area (Å²) < 4.78 is 46.6. The van der Waals surface area contributed by atoms with Crippen LogP contribution < -0.4 is 9.46 Å². The smallest absolute Gasteiger partial charge is 0.240 e. The highest BCUT2D eigenvalue weighted by Crippen LogP contribution is 2.27. The van der Waals surface area contributed by atoms with Crippen LogP contribution in [0.2, 0.25) is 0 Å². The number of hydrogen-bond donors (Lipinski definition) is 1. The van der Waals surface area contributed by atoms with Crippen molar-refractivity contribution in [2.75, 3.05) is 26.7 Å². The first-order valence-electron chi connectivity index (χ1n) is 8.60. The van der Waals surface area contributed by atoms with E-state index in [9.17, 15) is 12.8 Å². The van der Waals surface area contributed by atoms with Crippen LogP contribution in [0.25, 0.3) is 0 Å². The summed E-state index contributed by atoms with van der Waals surface area (Å²) in [5.41, 5.74) is 1.11. The molecule has 1 unspecified atom stereocenters. The van der Waals surface area contributed by atoms with Crippen molar-refractivity contribution in [1.82, 2.24) is 9.62 Å². The number of ether oxygens (including phenoxy) is 1. The number of thiophene rings is 1. The SMILES string of the molecule is COc1ccc(S(=O)(=O)NCC(c2ccsc2)N2CCCCC2)cc1F. The Morgan fingerprint density at radius 1 is 1.27 bits per heavy atom. The molecule has 0 radical (unpaired) electrons. The number of halogens is 1. The average molecular weight is 399 g/mol. The van der Waals surface area contributed by atoms with Crippen LogP contribution in [0.3, 0.4) is 0 Å². The first-order valence-corrected chi connectivity index (χ1v) is 11.0. The molecule has 1 aliphatic rings. The van der Waals surface area contributed by atoms with Gasteiger partial charge in [-0.15, -0.1) is 0 Å². The molecule has 0 bridgehead atoms. The highest BCUT2D eigenvalue weighted by atomic mass is 32.2. The number of benzene rings is 1.